The van der Waals surface area contributed by atoms with Crippen molar-refractivity contribution in [3.8, 4) is 0 Å². The normalized spacial score (nSPS) is 29.0. The van der Waals surface area contributed by atoms with Crippen LogP contribution in [0.4, 0.5) is 0 Å². The number of aliphatic hydroxyl groups is 5. The van der Waals surface area contributed by atoms with E-state index < -0.39 is 89.2 Å². The lowest BCUT2D eigenvalue weighted by Crippen LogP contribution is -2.58. The first-order chi connectivity index (χ1) is 23.3. The van der Waals surface area contributed by atoms with Crippen LogP contribution in [-0.2, 0) is 32.0 Å². The van der Waals surface area contributed by atoms with Crippen molar-refractivity contribution in [3.63, 3.8) is 0 Å². The molecule has 2 saturated heterocycles. The molecule has 2 aliphatic heterocycles. The van der Waals surface area contributed by atoms with E-state index in [2.05, 4.69) is 69.7 Å². The Labute approximate surface area is 291 Å². The summed E-state index contributed by atoms with van der Waals surface area (Å²) < 4.78 is 48.8. The molecule has 10 atom stereocenters. The number of nitrogens with zero attached hydrogens (tertiary/aromatic N) is 3. The fourth-order valence-corrected chi connectivity index (χ4v) is 6.96. The van der Waals surface area contributed by atoms with Crippen LogP contribution in [0, 0.1) is 6.92 Å². The molecule has 0 spiro atoms. The molecule has 2 unspecified atom stereocenters. The van der Waals surface area contributed by atoms with Gasteiger partial charge in [0.05, 0.1) is 19.3 Å². The Morgan fingerprint density at radius 1 is 0.840 bits per heavy atom. The number of aromatic nitrogens is 2. The molecule has 3 heterocycles. The van der Waals surface area contributed by atoms with Gasteiger partial charge in [-0.2, -0.15) is 4.31 Å². The van der Waals surface area contributed by atoms with E-state index in [9.17, 15) is 48.9 Å². The molecule has 2 aliphatic rings. The molecule has 0 radical (unpaired) electrons. The van der Waals surface area contributed by atoms with Gasteiger partial charge in [-0.1, -0.05) is 41.5 Å². The Kier molecular flexibility index (Phi) is 20.5. The second kappa shape index (κ2) is 21.9. The number of aliphatic hydroxyl groups excluding tert-OH is 5. The van der Waals surface area contributed by atoms with Gasteiger partial charge in [0, 0.05) is 18.2 Å². The molecule has 0 bridgehead atoms. The minimum atomic E-state index is -5.54. The summed E-state index contributed by atoms with van der Waals surface area (Å²) in [6.45, 7) is 19.9. The van der Waals surface area contributed by atoms with Crippen LogP contribution in [-0.4, -0.2) is 150 Å². The van der Waals surface area contributed by atoms with E-state index in [4.69, 9.17) is 14.6 Å². The molecule has 0 aliphatic carbocycles. The largest absolute Gasteiger partial charge is 0.483 e. The van der Waals surface area contributed by atoms with Crippen molar-refractivity contribution in [3.05, 3.63) is 32.6 Å². The van der Waals surface area contributed by atoms with Crippen molar-refractivity contribution < 1.29 is 67.3 Å². The summed E-state index contributed by atoms with van der Waals surface area (Å²) >= 11 is 0. The molecule has 22 heteroatoms. The van der Waals surface area contributed by atoms with Crippen LogP contribution in [0.1, 0.15) is 59.8 Å². The van der Waals surface area contributed by atoms with Crippen molar-refractivity contribution in [1.82, 2.24) is 19.4 Å². The second-order valence-corrected chi connectivity index (χ2v) is 14.3. The molecule has 1 aromatic rings. The number of hydrogen-bond donors (Lipinski definition) is 8. The SMILES string of the molecule is CCN(CC)CC.CCN(CC)CC.Cc1cn([C@H]2C[C@H](O)[C@@H](COP(=O)(O)OP(=O)(O)O[C@H]3O[C@H](CO)[C@@H](O)[C@H](O)[C@H]3O)O2)c(=O)[nH]c1=O. The lowest BCUT2D eigenvalue weighted by atomic mass is 10.00. The molecule has 1 aromatic heterocycles. The number of phosphoric acid groups is 2. The van der Waals surface area contributed by atoms with Crippen LogP contribution >= 0.6 is 15.6 Å². The van der Waals surface area contributed by atoms with Crippen LogP contribution in [0.15, 0.2) is 15.8 Å². The average Bonchev–Trinajstić information content (AvgIpc) is 3.43. The number of rotatable bonds is 15. The van der Waals surface area contributed by atoms with Crippen molar-refractivity contribution in [2.75, 3.05) is 52.5 Å². The standard InChI is InChI=1S/C16H26N2O16P2.2C6H15N/c1-6-3-18(16(25)17-14(6)24)10-2-7(20)9(31-10)5-30-35(26,27)34-36(28,29)33-15-13(23)12(22)11(21)8(4-19)32-15;2*1-4-7(5-2)6-3/h3,7-13,15,19-23H,2,4-5H2,1H3,(H,26,27)(H,28,29)(H,17,24,25);2*4-6H2,1-3H3/t7-,8+,9+,10+,11+,12-,13+,15+;;/m0../s1. The first kappa shape index (κ1) is 46.6. The first-order valence-electron chi connectivity index (χ1n) is 16.4. The van der Waals surface area contributed by atoms with Crippen LogP contribution in [0.25, 0.3) is 0 Å². The fraction of sp³-hybridized carbons (Fsp3) is 0.857. The molecule has 3 rings (SSSR count). The number of aryl methyl sites for hydroxylation is 1. The molecule has 0 amide bonds. The predicted molar refractivity (Wildman–Crippen MR) is 179 cm³/mol. The third kappa shape index (κ3) is 14.5. The lowest BCUT2D eigenvalue weighted by molar-refractivity contribution is -0.280. The summed E-state index contributed by atoms with van der Waals surface area (Å²) in [4.78, 5) is 49.9. The van der Waals surface area contributed by atoms with Crippen LogP contribution < -0.4 is 11.2 Å². The van der Waals surface area contributed by atoms with Gasteiger partial charge in [0.2, 0.25) is 0 Å². The van der Waals surface area contributed by atoms with E-state index in [0.29, 0.717) is 0 Å². The van der Waals surface area contributed by atoms with Gasteiger partial charge in [-0.25, -0.2) is 13.9 Å². The van der Waals surface area contributed by atoms with Gasteiger partial charge in [0.25, 0.3) is 5.56 Å². The fourth-order valence-electron chi connectivity index (χ4n) is 4.80. The van der Waals surface area contributed by atoms with Gasteiger partial charge in [-0.05, 0) is 46.2 Å². The summed E-state index contributed by atoms with van der Waals surface area (Å²) in [6.07, 6.45) is -12.2. The highest BCUT2D eigenvalue weighted by atomic mass is 31.3. The third-order valence-corrected chi connectivity index (χ3v) is 10.6. The predicted octanol–water partition coefficient (Wildman–Crippen LogP) is -0.760. The van der Waals surface area contributed by atoms with Gasteiger partial charge in [-0.15, -0.1) is 0 Å². The van der Waals surface area contributed by atoms with E-state index in [0.717, 1.165) is 4.57 Å². The van der Waals surface area contributed by atoms with Crippen LogP contribution in [0.2, 0.25) is 0 Å². The number of nitrogens with one attached hydrogen (secondary N) is 1. The van der Waals surface area contributed by atoms with E-state index in [-0.39, 0.29) is 12.0 Å². The number of H-pyrrole nitrogens is 1. The van der Waals surface area contributed by atoms with E-state index in [1.165, 1.54) is 52.4 Å². The highest BCUT2D eigenvalue weighted by molar-refractivity contribution is 7.61. The Hall–Kier alpha value is -1.42. The number of phosphoric ester groups is 2. The minimum absolute atomic E-state index is 0.172. The number of hydrogen-bond acceptors (Lipinski definition) is 16. The molecule has 0 aromatic carbocycles. The third-order valence-electron chi connectivity index (χ3n) is 8.04. The summed E-state index contributed by atoms with van der Waals surface area (Å²) in [5.74, 6) is 0. The van der Waals surface area contributed by atoms with Gasteiger partial charge < -0.3 is 54.6 Å². The lowest BCUT2D eigenvalue weighted by Gasteiger charge is -2.39. The molecular weight excluding hydrogens is 710 g/mol. The summed E-state index contributed by atoms with van der Waals surface area (Å²) in [6, 6.07) is 0. The van der Waals surface area contributed by atoms with Gasteiger partial charge >= 0.3 is 21.3 Å². The van der Waals surface area contributed by atoms with Gasteiger partial charge in [0.1, 0.15) is 36.7 Å². The number of aromatic amines is 1. The maximum atomic E-state index is 12.2. The second-order valence-electron chi connectivity index (χ2n) is 11.3. The monoisotopic (exact) mass is 766 g/mol. The van der Waals surface area contributed by atoms with Gasteiger partial charge in [0.15, 0.2) is 6.29 Å². The van der Waals surface area contributed by atoms with E-state index in [1.807, 2.05) is 0 Å². The molecule has 8 N–H and O–H groups in total. The minimum Gasteiger partial charge on any atom is -0.394 e. The quantitative estimate of drug-likeness (QED) is 0.102. The number of ether oxygens (including phenoxy) is 2. The summed E-state index contributed by atoms with van der Waals surface area (Å²) in [5, 5.41) is 48.5. The molecule has 2 fully saturated rings. The Balaban J connectivity index is 0.000000748. The Morgan fingerprint density at radius 2 is 1.36 bits per heavy atom. The Morgan fingerprint density at radius 3 is 1.82 bits per heavy atom. The van der Waals surface area contributed by atoms with Gasteiger partial charge in [-0.3, -0.25) is 23.4 Å². The van der Waals surface area contributed by atoms with Crippen LogP contribution in [0.3, 0.4) is 0 Å². The zero-order valence-corrected chi connectivity index (χ0v) is 31.4. The highest BCUT2D eigenvalue weighted by Gasteiger charge is 2.48. The van der Waals surface area contributed by atoms with Crippen molar-refractivity contribution in [1.29, 1.82) is 0 Å². The van der Waals surface area contributed by atoms with Crippen molar-refractivity contribution in [2.45, 2.75) is 104 Å². The van der Waals surface area contributed by atoms with E-state index in [1.54, 1.807) is 0 Å². The molecule has 294 valence electrons. The average molecular weight is 767 g/mol. The maximum absolute atomic E-state index is 12.2. The van der Waals surface area contributed by atoms with E-state index >= 15 is 0 Å². The first-order valence-corrected chi connectivity index (χ1v) is 19.4. The zero-order chi connectivity index (χ0) is 38.4. The molecule has 20 nitrogen and oxygen atoms in total. The molecule has 50 heavy (non-hydrogen) atoms. The topological polar surface area (TPSA) is 283 Å². The molecule has 0 saturated carbocycles. The molecular formula is C28H56N4O16P2. The maximum Gasteiger partial charge on any atom is 0.483 e. The zero-order valence-electron chi connectivity index (χ0n) is 29.6. The van der Waals surface area contributed by atoms with Crippen molar-refractivity contribution >= 4 is 15.6 Å². The Bertz CT molecular complexity index is 1320. The summed E-state index contributed by atoms with van der Waals surface area (Å²) in [7, 11) is -10.9. The summed E-state index contributed by atoms with van der Waals surface area (Å²) in [5.41, 5.74) is -1.27. The highest BCUT2D eigenvalue weighted by Crippen LogP contribution is 2.61. The van der Waals surface area contributed by atoms with Crippen LogP contribution in [0.5, 0.6) is 0 Å². The van der Waals surface area contributed by atoms with Crippen molar-refractivity contribution in [2.24, 2.45) is 0 Å². The smallest absolute Gasteiger partial charge is 0.394 e.